The highest BCUT2D eigenvalue weighted by Gasteiger charge is 2.06. The zero-order chi connectivity index (χ0) is 15.1. The first kappa shape index (κ1) is 15.0. The van der Waals surface area contributed by atoms with Gasteiger partial charge in [0.15, 0.2) is 0 Å². The van der Waals surface area contributed by atoms with Gasteiger partial charge in [0.25, 0.3) is 5.91 Å². The lowest BCUT2D eigenvalue weighted by Crippen LogP contribution is -2.25. The molecule has 0 aliphatic rings. The SMILES string of the molecule is CCNc1cc(C(=O)NCCCc2cn[nH]c2C)ccn1. The molecule has 0 atom stereocenters. The van der Waals surface area contributed by atoms with Gasteiger partial charge in [-0.1, -0.05) is 0 Å². The van der Waals surface area contributed by atoms with Gasteiger partial charge >= 0.3 is 0 Å². The predicted octanol–water partition coefficient (Wildman–Crippen LogP) is 1.91. The number of aromatic nitrogens is 3. The minimum Gasteiger partial charge on any atom is -0.370 e. The summed E-state index contributed by atoms with van der Waals surface area (Å²) in [7, 11) is 0. The molecule has 3 N–H and O–H groups in total. The van der Waals surface area contributed by atoms with Crippen molar-refractivity contribution in [3.63, 3.8) is 0 Å². The van der Waals surface area contributed by atoms with Crippen LogP contribution in [0.15, 0.2) is 24.5 Å². The summed E-state index contributed by atoms with van der Waals surface area (Å²) < 4.78 is 0. The fourth-order valence-corrected chi connectivity index (χ4v) is 2.06. The van der Waals surface area contributed by atoms with E-state index in [0.29, 0.717) is 12.1 Å². The van der Waals surface area contributed by atoms with E-state index in [4.69, 9.17) is 0 Å². The van der Waals surface area contributed by atoms with E-state index in [-0.39, 0.29) is 5.91 Å². The molecule has 6 heteroatoms. The van der Waals surface area contributed by atoms with Crippen LogP contribution in [0.1, 0.15) is 35.0 Å². The fraction of sp³-hybridized carbons (Fsp3) is 0.400. The van der Waals surface area contributed by atoms with E-state index in [1.54, 1.807) is 18.3 Å². The molecular weight excluding hydrogens is 266 g/mol. The number of nitrogens with one attached hydrogen (secondary N) is 3. The third kappa shape index (κ3) is 4.30. The Bertz CT molecular complexity index is 593. The Morgan fingerprint density at radius 3 is 3.00 bits per heavy atom. The smallest absolute Gasteiger partial charge is 0.251 e. The highest BCUT2D eigenvalue weighted by atomic mass is 16.1. The van der Waals surface area contributed by atoms with Crippen molar-refractivity contribution >= 4 is 11.7 Å². The lowest BCUT2D eigenvalue weighted by molar-refractivity contribution is 0.0953. The van der Waals surface area contributed by atoms with E-state index in [1.807, 2.05) is 20.0 Å². The second-order valence-electron chi connectivity index (χ2n) is 4.84. The predicted molar refractivity (Wildman–Crippen MR) is 82.4 cm³/mol. The normalized spacial score (nSPS) is 10.4. The van der Waals surface area contributed by atoms with Crippen LogP contribution in [0.3, 0.4) is 0 Å². The number of anilines is 1. The number of hydrogen-bond donors (Lipinski definition) is 3. The van der Waals surface area contributed by atoms with Gasteiger partial charge in [-0.15, -0.1) is 0 Å². The molecule has 0 unspecified atom stereocenters. The number of aromatic amines is 1. The van der Waals surface area contributed by atoms with Crippen molar-refractivity contribution in [2.24, 2.45) is 0 Å². The van der Waals surface area contributed by atoms with Crippen molar-refractivity contribution < 1.29 is 4.79 Å². The topological polar surface area (TPSA) is 82.7 Å². The van der Waals surface area contributed by atoms with Gasteiger partial charge in [0.05, 0.1) is 6.20 Å². The minimum atomic E-state index is -0.0690. The summed E-state index contributed by atoms with van der Waals surface area (Å²) in [4.78, 5) is 16.2. The number of amides is 1. The highest BCUT2D eigenvalue weighted by molar-refractivity contribution is 5.94. The van der Waals surface area contributed by atoms with Crippen molar-refractivity contribution in [2.75, 3.05) is 18.4 Å². The summed E-state index contributed by atoms with van der Waals surface area (Å²) >= 11 is 0. The molecule has 2 heterocycles. The van der Waals surface area contributed by atoms with Crippen molar-refractivity contribution in [1.82, 2.24) is 20.5 Å². The quantitative estimate of drug-likeness (QED) is 0.679. The number of pyridine rings is 1. The largest absolute Gasteiger partial charge is 0.370 e. The molecule has 0 saturated carbocycles. The Balaban J connectivity index is 1.79. The zero-order valence-corrected chi connectivity index (χ0v) is 12.4. The summed E-state index contributed by atoms with van der Waals surface area (Å²) in [5.41, 5.74) is 2.91. The van der Waals surface area contributed by atoms with E-state index in [0.717, 1.165) is 30.9 Å². The molecule has 0 spiro atoms. The molecule has 0 bridgehead atoms. The lowest BCUT2D eigenvalue weighted by atomic mass is 10.1. The zero-order valence-electron chi connectivity index (χ0n) is 12.4. The van der Waals surface area contributed by atoms with E-state index >= 15 is 0 Å². The molecule has 21 heavy (non-hydrogen) atoms. The Morgan fingerprint density at radius 1 is 1.43 bits per heavy atom. The van der Waals surface area contributed by atoms with Crippen molar-refractivity contribution in [2.45, 2.75) is 26.7 Å². The number of H-pyrrole nitrogens is 1. The Morgan fingerprint density at radius 2 is 2.29 bits per heavy atom. The summed E-state index contributed by atoms with van der Waals surface area (Å²) in [6, 6.07) is 3.48. The number of aryl methyl sites for hydroxylation is 2. The molecule has 0 aliphatic carbocycles. The molecule has 0 aliphatic heterocycles. The molecule has 0 saturated heterocycles. The second-order valence-corrected chi connectivity index (χ2v) is 4.84. The number of hydrogen-bond acceptors (Lipinski definition) is 4. The number of carbonyl (C=O) groups excluding carboxylic acids is 1. The van der Waals surface area contributed by atoms with Crippen LogP contribution >= 0.6 is 0 Å². The van der Waals surface area contributed by atoms with Gasteiger partial charge in [0, 0.05) is 30.5 Å². The van der Waals surface area contributed by atoms with E-state index < -0.39 is 0 Å². The van der Waals surface area contributed by atoms with Crippen molar-refractivity contribution in [1.29, 1.82) is 0 Å². The molecule has 0 radical (unpaired) electrons. The van der Waals surface area contributed by atoms with E-state index in [1.165, 1.54) is 5.56 Å². The molecule has 1 amide bonds. The monoisotopic (exact) mass is 287 g/mol. The van der Waals surface area contributed by atoms with Crippen LogP contribution < -0.4 is 10.6 Å². The van der Waals surface area contributed by atoms with Crippen molar-refractivity contribution in [3.8, 4) is 0 Å². The standard InChI is InChI=1S/C15H21N5O/c1-3-16-14-9-12(6-8-17-14)15(21)18-7-4-5-13-10-19-20-11(13)2/h6,8-10H,3-5,7H2,1-2H3,(H,16,17)(H,18,21)(H,19,20). The first-order valence-electron chi connectivity index (χ1n) is 7.17. The molecule has 2 aromatic heterocycles. The fourth-order valence-electron chi connectivity index (χ4n) is 2.06. The first-order chi connectivity index (χ1) is 10.2. The third-order valence-electron chi connectivity index (χ3n) is 3.22. The van der Waals surface area contributed by atoms with Gasteiger partial charge in [-0.05, 0) is 44.4 Å². The summed E-state index contributed by atoms with van der Waals surface area (Å²) in [6.45, 7) is 5.41. The summed E-state index contributed by atoms with van der Waals surface area (Å²) in [6.07, 6.45) is 5.27. The van der Waals surface area contributed by atoms with Gasteiger partial charge in [-0.25, -0.2) is 4.98 Å². The van der Waals surface area contributed by atoms with Crippen LogP contribution in [-0.2, 0) is 6.42 Å². The molecular formula is C15H21N5O. The number of nitrogens with zero attached hydrogens (tertiary/aromatic N) is 2. The average molecular weight is 287 g/mol. The van der Waals surface area contributed by atoms with Crippen LogP contribution in [0, 0.1) is 6.92 Å². The summed E-state index contributed by atoms with van der Waals surface area (Å²) in [5.74, 6) is 0.652. The molecule has 0 aromatic carbocycles. The minimum absolute atomic E-state index is 0.0690. The highest BCUT2D eigenvalue weighted by Crippen LogP contribution is 2.07. The maximum Gasteiger partial charge on any atom is 0.251 e. The van der Waals surface area contributed by atoms with Crippen LogP contribution in [0.4, 0.5) is 5.82 Å². The Labute approximate surface area is 124 Å². The van der Waals surface area contributed by atoms with E-state index in [2.05, 4.69) is 25.8 Å². The summed E-state index contributed by atoms with van der Waals surface area (Å²) in [5, 5.41) is 12.9. The van der Waals surface area contributed by atoms with E-state index in [9.17, 15) is 4.79 Å². The van der Waals surface area contributed by atoms with Crippen LogP contribution in [-0.4, -0.2) is 34.2 Å². The lowest BCUT2D eigenvalue weighted by Gasteiger charge is -2.07. The molecule has 2 rings (SSSR count). The van der Waals surface area contributed by atoms with Crippen LogP contribution in [0.25, 0.3) is 0 Å². The molecule has 112 valence electrons. The maximum atomic E-state index is 12.0. The first-order valence-corrected chi connectivity index (χ1v) is 7.17. The average Bonchev–Trinajstić information content (AvgIpc) is 2.89. The Kier molecular flexibility index (Phi) is 5.31. The van der Waals surface area contributed by atoms with Gasteiger partial charge in [0.2, 0.25) is 0 Å². The van der Waals surface area contributed by atoms with Crippen LogP contribution in [0.2, 0.25) is 0 Å². The third-order valence-corrected chi connectivity index (χ3v) is 3.22. The van der Waals surface area contributed by atoms with Gasteiger partial charge < -0.3 is 10.6 Å². The maximum absolute atomic E-state index is 12.0. The van der Waals surface area contributed by atoms with Gasteiger partial charge in [-0.3, -0.25) is 9.89 Å². The van der Waals surface area contributed by atoms with Crippen LogP contribution in [0.5, 0.6) is 0 Å². The number of carbonyl (C=O) groups is 1. The molecule has 2 aromatic rings. The van der Waals surface area contributed by atoms with Crippen molar-refractivity contribution in [3.05, 3.63) is 41.3 Å². The number of rotatable bonds is 7. The van der Waals surface area contributed by atoms with Gasteiger partial charge in [0.1, 0.15) is 5.82 Å². The molecule has 0 fully saturated rings. The Hall–Kier alpha value is -2.37. The second kappa shape index (κ2) is 7.42. The molecule has 6 nitrogen and oxygen atoms in total. The van der Waals surface area contributed by atoms with Gasteiger partial charge in [-0.2, -0.15) is 5.10 Å².